The molecule has 1 N–H and O–H groups in total. The lowest BCUT2D eigenvalue weighted by molar-refractivity contribution is -0.222. The Labute approximate surface area is 125 Å². The van der Waals surface area contributed by atoms with Crippen molar-refractivity contribution in [3.05, 3.63) is 29.3 Å². The molecule has 7 nitrogen and oxygen atoms in total. The molecule has 0 atom stereocenters. The van der Waals surface area contributed by atoms with Gasteiger partial charge in [-0.2, -0.15) is 0 Å². The van der Waals surface area contributed by atoms with Crippen LogP contribution in [0.1, 0.15) is 19.4 Å². The number of carbonyl (C=O) groups is 3. The Bertz CT molecular complexity index is 697. The molecule has 1 fully saturated rings. The molecule has 1 amide bonds. The number of amides is 1. The quantitative estimate of drug-likeness (QED) is 0.477. The summed E-state index contributed by atoms with van der Waals surface area (Å²) in [5.74, 6) is -2.52. The molecule has 114 valence electrons. The molecule has 0 bridgehead atoms. The highest BCUT2D eigenvalue weighted by atomic mass is 16.7. The van der Waals surface area contributed by atoms with E-state index < -0.39 is 17.7 Å². The normalized spacial score (nSPS) is 19.4. The molecule has 2 heterocycles. The van der Waals surface area contributed by atoms with Crippen molar-refractivity contribution < 1.29 is 28.6 Å². The molecule has 7 heteroatoms. The number of esters is 2. The van der Waals surface area contributed by atoms with Gasteiger partial charge in [0.15, 0.2) is 6.61 Å². The number of hydrogen-bond acceptors (Lipinski definition) is 6. The predicted molar refractivity (Wildman–Crippen MR) is 74.8 cm³/mol. The topological polar surface area (TPSA) is 90.9 Å². The zero-order valence-electron chi connectivity index (χ0n) is 12.0. The summed E-state index contributed by atoms with van der Waals surface area (Å²) in [4.78, 5) is 35.1. The number of fused-ring (bicyclic) bond motifs is 1. The van der Waals surface area contributed by atoms with Gasteiger partial charge in [-0.15, -0.1) is 0 Å². The van der Waals surface area contributed by atoms with Crippen LogP contribution in [0, 0.1) is 0 Å². The number of carbonyl (C=O) groups excluding carboxylic acids is 3. The Morgan fingerprint density at radius 2 is 1.82 bits per heavy atom. The fourth-order valence-electron chi connectivity index (χ4n) is 2.14. The van der Waals surface area contributed by atoms with Crippen LogP contribution < -0.4 is 10.1 Å². The Kier molecular flexibility index (Phi) is 3.13. The highest BCUT2D eigenvalue weighted by molar-refractivity contribution is 6.19. The first kappa shape index (κ1) is 14.1. The first-order valence-corrected chi connectivity index (χ1v) is 6.59. The first-order chi connectivity index (χ1) is 10.3. The molecule has 1 aromatic rings. The zero-order valence-corrected chi connectivity index (χ0v) is 12.0. The van der Waals surface area contributed by atoms with Crippen molar-refractivity contribution in [3.8, 4) is 5.75 Å². The standard InChI is InChI=1S/C15H13NO6/c1-15(2)21-13(18)9(14(19)22-15)5-8-3-4-11-10(6-8)16-12(17)7-20-11/h3-6H,7H2,1-2H3,(H,16,17). The fourth-order valence-corrected chi connectivity index (χ4v) is 2.14. The minimum Gasteiger partial charge on any atom is -0.482 e. The second kappa shape index (κ2) is 4.87. The van der Waals surface area contributed by atoms with Gasteiger partial charge in [0.2, 0.25) is 0 Å². The summed E-state index contributed by atoms with van der Waals surface area (Å²) >= 11 is 0. The minimum absolute atomic E-state index is 0.0405. The van der Waals surface area contributed by atoms with Crippen molar-refractivity contribution in [3.63, 3.8) is 0 Å². The van der Waals surface area contributed by atoms with Crippen LogP contribution in [-0.2, 0) is 23.9 Å². The van der Waals surface area contributed by atoms with E-state index >= 15 is 0 Å². The molecule has 0 aromatic heterocycles. The van der Waals surface area contributed by atoms with E-state index in [-0.39, 0.29) is 18.1 Å². The van der Waals surface area contributed by atoms with Crippen molar-refractivity contribution in [1.82, 2.24) is 0 Å². The van der Waals surface area contributed by atoms with Gasteiger partial charge in [0.1, 0.15) is 11.3 Å². The molecule has 0 saturated carbocycles. The van der Waals surface area contributed by atoms with E-state index in [1.54, 1.807) is 18.2 Å². The van der Waals surface area contributed by atoms with E-state index in [1.165, 1.54) is 19.9 Å². The number of rotatable bonds is 1. The van der Waals surface area contributed by atoms with Crippen molar-refractivity contribution in [2.75, 3.05) is 11.9 Å². The highest BCUT2D eigenvalue weighted by Gasteiger charge is 2.38. The maximum atomic E-state index is 11.9. The lowest BCUT2D eigenvalue weighted by Gasteiger charge is -2.29. The summed E-state index contributed by atoms with van der Waals surface area (Å²) in [5, 5.41) is 2.65. The number of anilines is 1. The number of cyclic esters (lactones) is 2. The van der Waals surface area contributed by atoms with Crippen LogP contribution in [0.5, 0.6) is 5.75 Å². The average Bonchev–Trinajstić information content (AvgIpc) is 2.41. The Balaban J connectivity index is 1.92. The fraction of sp³-hybridized carbons (Fsp3) is 0.267. The van der Waals surface area contributed by atoms with Gasteiger partial charge in [0.25, 0.3) is 11.7 Å². The third kappa shape index (κ3) is 2.65. The maximum Gasteiger partial charge on any atom is 0.348 e. The van der Waals surface area contributed by atoms with Gasteiger partial charge in [0.05, 0.1) is 5.69 Å². The molecule has 2 aliphatic rings. The summed E-state index contributed by atoms with van der Waals surface area (Å²) in [5.41, 5.74) is 0.805. The molecular formula is C15H13NO6. The molecule has 0 unspecified atom stereocenters. The SMILES string of the molecule is CC1(C)OC(=O)C(=Cc2ccc3c(c2)NC(=O)CO3)C(=O)O1. The molecule has 1 saturated heterocycles. The Hall–Kier alpha value is -2.83. The lowest BCUT2D eigenvalue weighted by atomic mass is 10.1. The van der Waals surface area contributed by atoms with Crippen LogP contribution in [-0.4, -0.2) is 30.2 Å². The van der Waals surface area contributed by atoms with Crippen LogP contribution in [0.15, 0.2) is 23.8 Å². The number of benzene rings is 1. The van der Waals surface area contributed by atoms with Crippen molar-refractivity contribution in [2.24, 2.45) is 0 Å². The van der Waals surface area contributed by atoms with Crippen LogP contribution in [0.25, 0.3) is 6.08 Å². The molecule has 22 heavy (non-hydrogen) atoms. The van der Waals surface area contributed by atoms with Gasteiger partial charge < -0.3 is 19.5 Å². The predicted octanol–water partition coefficient (Wildman–Crippen LogP) is 1.24. The average molecular weight is 303 g/mol. The first-order valence-electron chi connectivity index (χ1n) is 6.59. The summed E-state index contributed by atoms with van der Waals surface area (Å²) in [6.07, 6.45) is 1.35. The van der Waals surface area contributed by atoms with E-state index in [9.17, 15) is 14.4 Å². The van der Waals surface area contributed by atoms with E-state index in [0.717, 1.165) is 0 Å². The zero-order chi connectivity index (χ0) is 15.9. The van der Waals surface area contributed by atoms with Crippen molar-refractivity contribution in [2.45, 2.75) is 19.6 Å². The van der Waals surface area contributed by atoms with E-state index in [0.29, 0.717) is 17.0 Å². The summed E-state index contributed by atoms with van der Waals surface area (Å²) in [6.45, 7) is 2.91. The van der Waals surface area contributed by atoms with Gasteiger partial charge in [-0.05, 0) is 23.8 Å². The van der Waals surface area contributed by atoms with Gasteiger partial charge >= 0.3 is 11.9 Å². The van der Waals surface area contributed by atoms with Crippen LogP contribution in [0.2, 0.25) is 0 Å². The van der Waals surface area contributed by atoms with E-state index in [2.05, 4.69) is 5.32 Å². The highest BCUT2D eigenvalue weighted by Crippen LogP contribution is 2.30. The van der Waals surface area contributed by atoms with Crippen LogP contribution >= 0.6 is 0 Å². The second-order valence-electron chi connectivity index (χ2n) is 5.33. The lowest BCUT2D eigenvalue weighted by Crippen LogP contribution is -2.41. The number of hydrogen-bond donors (Lipinski definition) is 1. The monoisotopic (exact) mass is 303 g/mol. The van der Waals surface area contributed by atoms with E-state index in [1.807, 2.05) is 0 Å². The Morgan fingerprint density at radius 1 is 1.14 bits per heavy atom. The van der Waals surface area contributed by atoms with Gasteiger partial charge in [-0.1, -0.05) is 6.07 Å². The van der Waals surface area contributed by atoms with Crippen LogP contribution in [0.4, 0.5) is 5.69 Å². The second-order valence-corrected chi connectivity index (χ2v) is 5.33. The van der Waals surface area contributed by atoms with Crippen LogP contribution in [0.3, 0.4) is 0 Å². The minimum atomic E-state index is -1.27. The maximum absolute atomic E-state index is 11.9. The third-order valence-electron chi connectivity index (χ3n) is 3.06. The molecule has 0 spiro atoms. The van der Waals surface area contributed by atoms with E-state index in [4.69, 9.17) is 14.2 Å². The largest absolute Gasteiger partial charge is 0.482 e. The molecular weight excluding hydrogens is 290 g/mol. The summed E-state index contributed by atoms with van der Waals surface area (Å²) < 4.78 is 15.3. The smallest absolute Gasteiger partial charge is 0.348 e. The summed E-state index contributed by atoms with van der Waals surface area (Å²) in [6, 6.07) is 4.90. The third-order valence-corrected chi connectivity index (χ3v) is 3.06. The van der Waals surface area contributed by atoms with Gasteiger partial charge in [-0.3, -0.25) is 4.79 Å². The van der Waals surface area contributed by atoms with Gasteiger partial charge in [0, 0.05) is 13.8 Å². The number of ether oxygens (including phenoxy) is 3. The molecule has 3 rings (SSSR count). The molecule has 0 radical (unpaired) electrons. The molecule has 2 aliphatic heterocycles. The molecule has 0 aliphatic carbocycles. The Morgan fingerprint density at radius 3 is 2.50 bits per heavy atom. The number of nitrogens with one attached hydrogen (secondary N) is 1. The molecule has 1 aromatic carbocycles. The van der Waals surface area contributed by atoms with Gasteiger partial charge in [-0.25, -0.2) is 9.59 Å². The summed E-state index contributed by atoms with van der Waals surface area (Å²) in [7, 11) is 0. The van der Waals surface area contributed by atoms with Crippen molar-refractivity contribution >= 4 is 29.6 Å². The van der Waals surface area contributed by atoms with Crippen molar-refractivity contribution in [1.29, 1.82) is 0 Å².